The minimum Gasteiger partial charge on any atom is -0.313 e. The molecule has 0 saturated heterocycles. The van der Waals surface area contributed by atoms with E-state index in [1.165, 1.54) is 71.7 Å². The van der Waals surface area contributed by atoms with E-state index in [9.17, 15) is 0 Å². The van der Waals surface area contributed by atoms with Crippen LogP contribution in [0.5, 0.6) is 0 Å². The minimum atomic E-state index is 0.678. The Morgan fingerprint density at radius 1 is 0.325 bits per heavy atom. The lowest BCUT2D eigenvalue weighted by molar-refractivity contribution is 0.979. The fraction of sp³-hybridized carbons (Fsp3) is 0.0526. The summed E-state index contributed by atoms with van der Waals surface area (Å²) < 4.78 is 4.97. The third-order valence-electron chi connectivity index (χ3n) is 16.2. The van der Waals surface area contributed by atoms with Crippen molar-refractivity contribution >= 4 is 54.9 Å². The Balaban J connectivity index is 0.916. The van der Waals surface area contributed by atoms with Gasteiger partial charge in [0.25, 0.3) is 0 Å². The minimum absolute atomic E-state index is 0.678. The van der Waals surface area contributed by atoms with Crippen LogP contribution in [-0.4, -0.2) is 19.1 Å². The molecule has 0 radical (unpaired) electrons. The van der Waals surface area contributed by atoms with E-state index in [2.05, 4.69) is 288 Å². The molecule has 4 heteroatoms. The highest BCUT2D eigenvalue weighted by Gasteiger charge is 2.24. The second-order valence-corrected chi connectivity index (χ2v) is 21.1. The summed E-state index contributed by atoms with van der Waals surface area (Å²) in [6.07, 6.45) is 17.6. The van der Waals surface area contributed by atoms with Gasteiger partial charge in [0, 0.05) is 49.6 Å². The first-order chi connectivity index (χ1) is 39.7. The average Bonchev–Trinajstić information content (AvgIpc) is 4.21. The Labute approximate surface area is 466 Å². The highest BCUT2D eigenvalue weighted by atomic mass is 15.0. The number of hydrogen-bond donors (Lipinski definition) is 0. The summed E-state index contributed by atoms with van der Waals surface area (Å²) in [6.45, 7) is 0. The molecule has 378 valence electrons. The molecule has 0 atom stereocenters. The van der Waals surface area contributed by atoms with Gasteiger partial charge < -0.3 is 9.13 Å². The van der Waals surface area contributed by atoms with Crippen molar-refractivity contribution in [1.29, 1.82) is 0 Å². The predicted molar refractivity (Wildman–Crippen MR) is 336 cm³/mol. The lowest BCUT2D eigenvalue weighted by Gasteiger charge is -2.19. The number of aromatic nitrogens is 4. The lowest BCUT2D eigenvalue weighted by atomic mass is 9.90. The molecule has 0 spiro atoms. The van der Waals surface area contributed by atoms with Gasteiger partial charge in [0.05, 0.1) is 33.5 Å². The number of fused-ring (bicyclic) bond motifs is 6. The first-order valence-corrected chi connectivity index (χ1v) is 27.9. The molecule has 0 bridgehead atoms. The second-order valence-electron chi connectivity index (χ2n) is 21.1. The third-order valence-corrected chi connectivity index (χ3v) is 16.2. The Bertz CT molecular complexity index is 4590. The summed E-state index contributed by atoms with van der Waals surface area (Å²) >= 11 is 0. The summed E-state index contributed by atoms with van der Waals surface area (Å²) in [5.41, 5.74) is 23.5. The van der Waals surface area contributed by atoms with Gasteiger partial charge in [-0.05, 0) is 142 Å². The van der Waals surface area contributed by atoms with E-state index in [0.717, 1.165) is 92.7 Å². The monoisotopic (exact) mass is 1020 g/mol. The summed E-state index contributed by atoms with van der Waals surface area (Å²) in [4.78, 5) is 11.3. The van der Waals surface area contributed by atoms with Crippen LogP contribution in [0, 0.1) is 0 Å². The molecule has 2 aliphatic carbocycles. The molecule has 2 aliphatic rings. The number of hydrogen-bond acceptors (Lipinski definition) is 2. The zero-order valence-corrected chi connectivity index (χ0v) is 44.2. The third kappa shape index (κ3) is 8.41. The molecule has 0 aliphatic heterocycles. The molecular formula is C76H54N4. The van der Waals surface area contributed by atoms with Crippen LogP contribution in [-0.2, 0) is 0 Å². The summed E-state index contributed by atoms with van der Waals surface area (Å²) in [5.74, 6) is 0.678. The van der Waals surface area contributed by atoms with Gasteiger partial charge in [-0.3, -0.25) is 0 Å². The van der Waals surface area contributed by atoms with Crippen molar-refractivity contribution in [1.82, 2.24) is 19.1 Å². The molecule has 0 N–H and O–H groups in total. The van der Waals surface area contributed by atoms with Crippen LogP contribution in [0.2, 0.25) is 0 Å². The van der Waals surface area contributed by atoms with Gasteiger partial charge >= 0.3 is 0 Å². The Kier molecular flexibility index (Phi) is 11.8. The predicted octanol–water partition coefficient (Wildman–Crippen LogP) is 20.3. The van der Waals surface area contributed by atoms with Gasteiger partial charge in [0.15, 0.2) is 5.82 Å². The van der Waals surface area contributed by atoms with E-state index in [-0.39, 0.29) is 0 Å². The molecule has 80 heavy (non-hydrogen) atoms. The first-order valence-electron chi connectivity index (χ1n) is 27.9. The maximum absolute atomic E-state index is 5.67. The van der Waals surface area contributed by atoms with Crippen molar-refractivity contribution in [3.8, 4) is 84.0 Å². The van der Waals surface area contributed by atoms with Gasteiger partial charge in [-0.1, -0.05) is 218 Å². The highest BCUT2D eigenvalue weighted by molar-refractivity contribution is 6.20. The van der Waals surface area contributed by atoms with Crippen molar-refractivity contribution in [2.75, 3.05) is 0 Å². The largest absolute Gasteiger partial charge is 0.313 e. The zero-order valence-electron chi connectivity index (χ0n) is 44.2. The molecule has 0 unspecified atom stereocenters. The van der Waals surface area contributed by atoms with Crippen molar-refractivity contribution in [2.45, 2.75) is 25.7 Å². The standard InChI is InChI=1S/C76H54N4/c1-7-22-51(23-8-1)58-42-43-66-68-49-67-65-36-19-20-37-69(65)79(63-33-17-6-18-34-63)71(67)50-72(68)80(70(66)48-58)64-35-21-32-59(47-64)76-77-74(56-28-13-4-14-29-56)73(75(78-76)57-30-15-5-16-31-57)55-40-38-54(39-41-55)62-45-60(52-24-9-2-10-25-52)44-61(46-62)53-26-11-3-12-27-53/h1-4,6-15,17,19-33,35-50H,5,16,18,34H2. The van der Waals surface area contributed by atoms with Crippen LogP contribution in [0.25, 0.3) is 139 Å². The van der Waals surface area contributed by atoms with Gasteiger partial charge in [-0.25, -0.2) is 9.97 Å². The zero-order chi connectivity index (χ0) is 52.9. The number of allylic oxidation sites excluding steroid dienone is 8. The number of para-hydroxylation sites is 1. The van der Waals surface area contributed by atoms with Crippen molar-refractivity contribution in [2.24, 2.45) is 0 Å². The van der Waals surface area contributed by atoms with Crippen LogP contribution in [0.15, 0.2) is 279 Å². The fourth-order valence-corrected chi connectivity index (χ4v) is 12.3. The van der Waals surface area contributed by atoms with Gasteiger partial charge in [-0.2, -0.15) is 0 Å². The van der Waals surface area contributed by atoms with Crippen LogP contribution >= 0.6 is 0 Å². The van der Waals surface area contributed by atoms with Crippen molar-refractivity contribution < 1.29 is 0 Å². The molecule has 0 amide bonds. The van der Waals surface area contributed by atoms with E-state index < -0.39 is 0 Å². The van der Waals surface area contributed by atoms with Gasteiger partial charge in [0.2, 0.25) is 0 Å². The van der Waals surface area contributed by atoms with E-state index in [0.29, 0.717) is 5.82 Å². The van der Waals surface area contributed by atoms with E-state index >= 15 is 0 Å². The van der Waals surface area contributed by atoms with E-state index in [1.807, 2.05) is 0 Å². The maximum Gasteiger partial charge on any atom is 0.160 e. The summed E-state index contributed by atoms with van der Waals surface area (Å²) in [6, 6.07) is 88.3. The topological polar surface area (TPSA) is 35.6 Å². The van der Waals surface area contributed by atoms with Gasteiger partial charge in [-0.15, -0.1) is 0 Å². The molecule has 4 nitrogen and oxygen atoms in total. The number of nitrogens with zero attached hydrogens (tertiary/aromatic N) is 4. The van der Waals surface area contributed by atoms with Gasteiger partial charge in [0.1, 0.15) is 0 Å². The summed E-state index contributed by atoms with van der Waals surface area (Å²) in [7, 11) is 0. The Morgan fingerprint density at radius 2 is 0.875 bits per heavy atom. The SMILES string of the molecule is C1=CCCC(n2c3ccccc3c3cc4c5ccc(-c6ccccc6)cc5n(-c5cccc(-c6nc(C7=CCCC=C7)c(-c7ccc(-c8cc(-c9ccccc9)cc(-c9ccccc9)c8)cc7)c(-c7ccccc7)n6)c5)c4cc32)=C1. The van der Waals surface area contributed by atoms with E-state index in [1.54, 1.807) is 0 Å². The molecule has 13 aromatic rings. The van der Waals surface area contributed by atoms with Crippen LogP contribution in [0.3, 0.4) is 0 Å². The van der Waals surface area contributed by atoms with Crippen molar-refractivity contribution in [3.63, 3.8) is 0 Å². The van der Waals surface area contributed by atoms with Crippen LogP contribution < -0.4 is 0 Å². The number of rotatable bonds is 10. The van der Waals surface area contributed by atoms with Crippen molar-refractivity contribution in [3.05, 3.63) is 285 Å². The highest BCUT2D eigenvalue weighted by Crippen LogP contribution is 2.44. The molecule has 15 rings (SSSR count). The summed E-state index contributed by atoms with van der Waals surface area (Å²) in [5, 5.41) is 4.95. The lowest BCUT2D eigenvalue weighted by Crippen LogP contribution is -2.04. The number of benzene rings is 10. The Morgan fingerprint density at radius 3 is 1.52 bits per heavy atom. The van der Waals surface area contributed by atoms with Crippen LogP contribution in [0.4, 0.5) is 0 Å². The maximum atomic E-state index is 5.67. The normalized spacial score (nSPS) is 13.3. The smallest absolute Gasteiger partial charge is 0.160 e. The molecule has 10 aromatic carbocycles. The Hall–Kier alpha value is -10.2. The molecule has 0 fully saturated rings. The fourth-order valence-electron chi connectivity index (χ4n) is 12.3. The quantitative estimate of drug-likeness (QED) is 0.137. The first kappa shape index (κ1) is 47.1. The average molecular weight is 1020 g/mol. The van der Waals surface area contributed by atoms with E-state index in [4.69, 9.17) is 9.97 Å². The van der Waals surface area contributed by atoms with Crippen LogP contribution in [0.1, 0.15) is 31.4 Å². The molecule has 0 saturated carbocycles. The molecule has 3 heterocycles. The second kappa shape index (κ2) is 20.0. The molecule has 3 aromatic heterocycles. The molecular weight excluding hydrogens is 969 g/mol.